The molecule has 0 amide bonds. The van der Waals surface area contributed by atoms with Crippen molar-refractivity contribution in [3.05, 3.63) is 137 Å². The van der Waals surface area contributed by atoms with E-state index in [1.165, 1.54) is 199 Å². The summed E-state index contributed by atoms with van der Waals surface area (Å²) in [5.41, 5.74) is 2.76. The summed E-state index contributed by atoms with van der Waals surface area (Å²) in [5.74, 6) is 0.405. The highest BCUT2D eigenvalue weighted by molar-refractivity contribution is 5.47. The van der Waals surface area contributed by atoms with Gasteiger partial charge in [-0.2, -0.15) is 0 Å². The fraction of sp³-hybridized carbons (Fsp3) is 0.642. The molecule has 0 aliphatic rings. The molecule has 1 heterocycles. The fourth-order valence-corrected chi connectivity index (χ4v) is 9.78. The lowest BCUT2D eigenvalue weighted by atomic mass is 9.80. The van der Waals surface area contributed by atoms with Crippen LogP contribution in [0.3, 0.4) is 0 Å². The van der Waals surface area contributed by atoms with Crippen LogP contribution >= 0.6 is 0 Å². The van der Waals surface area contributed by atoms with E-state index in [1.54, 1.807) is 12.1 Å². The second kappa shape index (κ2) is 46.0. The third-order valence-corrected chi connectivity index (χ3v) is 14.3. The predicted molar refractivity (Wildman–Crippen MR) is 314 cm³/mol. The summed E-state index contributed by atoms with van der Waals surface area (Å²) in [7, 11) is 0. The lowest BCUT2D eigenvalue weighted by Gasteiger charge is -2.36. The number of unbranched alkanes of at least 4 members (excludes halogenated alkanes) is 30. The number of aliphatic hydroxyl groups is 2. The summed E-state index contributed by atoms with van der Waals surface area (Å²) >= 11 is 0. The molecule has 3 aromatic carbocycles. The molecule has 0 unspecified atom stereocenters. The molecule has 4 rings (SSSR count). The fourth-order valence-electron chi connectivity index (χ4n) is 9.78. The van der Waals surface area contributed by atoms with E-state index in [-0.39, 0.29) is 19.8 Å². The van der Waals surface area contributed by atoms with Crippen molar-refractivity contribution in [2.45, 2.75) is 237 Å². The quantitative estimate of drug-likeness (QED) is 0.0259. The van der Waals surface area contributed by atoms with Crippen LogP contribution in [0.15, 0.2) is 109 Å². The Bertz CT molecular complexity index is 1780. The van der Waals surface area contributed by atoms with E-state index in [0.717, 1.165) is 29.5 Å². The zero-order valence-corrected chi connectivity index (χ0v) is 47.3. The summed E-state index contributed by atoms with van der Waals surface area (Å²) in [6.07, 6.45) is 43.8. The van der Waals surface area contributed by atoms with Crippen LogP contribution in [0.1, 0.15) is 236 Å². The zero-order valence-electron chi connectivity index (χ0n) is 47.3. The van der Waals surface area contributed by atoms with Crippen molar-refractivity contribution in [2.75, 3.05) is 39.6 Å². The van der Waals surface area contributed by atoms with Gasteiger partial charge in [0.2, 0.25) is 11.6 Å². The van der Waals surface area contributed by atoms with E-state index in [0.29, 0.717) is 31.4 Å². The molecule has 0 saturated heterocycles. The molecule has 0 radical (unpaired) electrons. The van der Waals surface area contributed by atoms with Crippen molar-refractivity contribution < 1.29 is 29.2 Å². The number of aliphatic hydroxyl groups excluding tert-OH is 2. The van der Waals surface area contributed by atoms with E-state index >= 15 is 0 Å². The number of hydrogen-bond acceptors (Lipinski definition) is 7. The third kappa shape index (κ3) is 31.0. The second-order valence-corrected chi connectivity index (χ2v) is 20.9. The van der Waals surface area contributed by atoms with Gasteiger partial charge in [-0.25, -0.2) is 9.83 Å². The highest BCUT2D eigenvalue weighted by atomic mass is 16.5. The van der Waals surface area contributed by atoms with Crippen LogP contribution in [0.2, 0.25) is 0 Å². The molecular weight excluding hydrogens is 929 g/mol. The maximum absolute atomic E-state index is 10.8. The van der Waals surface area contributed by atoms with E-state index in [9.17, 15) is 10.2 Å². The third-order valence-electron chi connectivity index (χ3n) is 14.3. The van der Waals surface area contributed by atoms with Crippen molar-refractivity contribution in [1.82, 2.24) is 4.98 Å². The minimum absolute atomic E-state index is 0.120. The summed E-state index contributed by atoms with van der Waals surface area (Å²) in [6.45, 7) is 13.6. The van der Waals surface area contributed by atoms with Gasteiger partial charge in [-0.1, -0.05) is 297 Å². The molecule has 4 aromatic rings. The van der Waals surface area contributed by atoms with Crippen LogP contribution in [0.4, 0.5) is 5.69 Å². The molecule has 0 saturated carbocycles. The van der Waals surface area contributed by atoms with Crippen LogP contribution in [0.5, 0.6) is 5.88 Å². The van der Waals surface area contributed by atoms with E-state index in [4.69, 9.17) is 25.5 Å². The molecule has 75 heavy (non-hydrogen) atoms. The van der Waals surface area contributed by atoms with Crippen LogP contribution in [0.25, 0.3) is 4.85 Å². The molecule has 0 aliphatic heterocycles. The highest BCUT2D eigenvalue weighted by Crippen LogP contribution is 2.40. The Morgan fingerprint density at radius 2 is 0.800 bits per heavy atom. The molecule has 8 nitrogen and oxygen atoms in total. The molecule has 0 aliphatic carbocycles. The average molecular weight is 1030 g/mol. The van der Waals surface area contributed by atoms with Gasteiger partial charge in [0, 0.05) is 19.4 Å². The van der Waals surface area contributed by atoms with Gasteiger partial charge < -0.3 is 29.2 Å². The first-order valence-electron chi connectivity index (χ1n) is 30.3. The SMILES string of the molecule is CCCCCCCCCCCCCCCCCCOC[C@@H](O)COC(c1ccccc1)(c1ccccc1)c1ccccc1.[C-]#[N+]c1ccc(O[C@@H](CO)COCCCCCCCCCCCCCCCCCC)nc1. The van der Waals surface area contributed by atoms with Crippen LogP contribution in [-0.4, -0.2) is 67.0 Å². The maximum Gasteiger partial charge on any atom is 0.211 e. The maximum atomic E-state index is 10.8. The van der Waals surface area contributed by atoms with Crippen molar-refractivity contribution >= 4 is 5.69 Å². The monoisotopic (exact) mass is 1030 g/mol. The minimum Gasteiger partial charge on any atom is -0.469 e. The van der Waals surface area contributed by atoms with Crippen molar-refractivity contribution in [3.8, 4) is 5.88 Å². The molecule has 1 aromatic heterocycles. The van der Waals surface area contributed by atoms with Gasteiger partial charge in [-0.15, -0.1) is 0 Å². The lowest BCUT2D eigenvalue weighted by Crippen LogP contribution is -2.36. The number of hydrogen-bond donors (Lipinski definition) is 2. The molecule has 0 bridgehead atoms. The number of ether oxygens (including phenoxy) is 4. The Balaban J connectivity index is 0.000000414. The standard InChI is InChI=1S/C40H58O3.C27H46N2O3/c1-2-3-4-5-6-7-8-9-10-11-12-13-14-15-16-26-33-42-34-39(41)35-43-40(36-27-20-17-21-28-36,37-29-22-18-23-30-37)38-31-24-19-25-32-38;1-3-4-5-6-7-8-9-10-11-12-13-14-15-16-17-18-21-31-24-26(23-30)32-27-20-19-25(28-2)22-29-27/h17-25,27-32,39,41H,2-16,26,33-35H2,1H3;19-20,22,26,30H,3-18,21,23-24H2,1H3/t39-;26-/m10/s1. The first-order valence-corrected chi connectivity index (χ1v) is 30.3. The Morgan fingerprint density at radius 3 is 1.12 bits per heavy atom. The summed E-state index contributed by atoms with van der Waals surface area (Å²) < 4.78 is 23.8. The van der Waals surface area contributed by atoms with Crippen LogP contribution in [-0.2, 0) is 19.8 Å². The number of aromatic nitrogens is 1. The van der Waals surface area contributed by atoms with Gasteiger partial charge >= 0.3 is 0 Å². The largest absolute Gasteiger partial charge is 0.469 e. The summed E-state index contributed by atoms with van der Waals surface area (Å²) in [4.78, 5) is 7.36. The van der Waals surface area contributed by atoms with Crippen molar-refractivity contribution in [1.29, 1.82) is 0 Å². The molecule has 0 fully saturated rings. The van der Waals surface area contributed by atoms with Crippen molar-refractivity contribution in [3.63, 3.8) is 0 Å². The molecule has 0 spiro atoms. The van der Waals surface area contributed by atoms with Crippen LogP contribution < -0.4 is 4.74 Å². The lowest BCUT2D eigenvalue weighted by molar-refractivity contribution is -0.0641. The molecule has 2 atom stereocenters. The first-order chi connectivity index (χ1) is 37.1. The number of pyridine rings is 1. The van der Waals surface area contributed by atoms with Gasteiger partial charge in [0.1, 0.15) is 17.8 Å². The predicted octanol–water partition coefficient (Wildman–Crippen LogP) is 18.3. The topological polar surface area (TPSA) is 94.6 Å². The van der Waals surface area contributed by atoms with Gasteiger partial charge in [0.25, 0.3) is 0 Å². The number of rotatable bonds is 47. The Labute approximate surface area is 458 Å². The van der Waals surface area contributed by atoms with E-state index in [2.05, 4.69) is 60.1 Å². The van der Waals surface area contributed by atoms with E-state index in [1.807, 2.05) is 54.6 Å². The van der Waals surface area contributed by atoms with Gasteiger partial charge in [0.15, 0.2) is 0 Å². The molecule has 418 valence electrons. The normalized spacial score (nSPS) is 12.2. The van der Waals surface area contributed by atoms with E-state index < -0.39 is 17.8 Å². The average Bonchev–Trinajstić information content (AvgIpc) is 3.45. The Hall–Kier alpha value is -4.10. The Morgan fingerprint density at radius 1 is 0.453 bits per heavy atom. The first kappa shape index (κ1) is 65.2. The zero-order chi connectivity index (χ0) is 53.4. The Kier molecular flexibility index (Phi) is 40.0. The summed E-state index contributed by atoms with van der Waals surface area (Å²) in [5, 5.41) is 20.3. The second-order valence-electron chi connectivity index (χ2n) is 20.9. The molecular formula is C67H104N2O6. The van der Waals surface area contributed by atoms with Gasteiger partial charge in [-0.05, 0) is 41.7 Å². The van der Waals surface area contributed by atoms with Crippen LogP contribution in [0, 0.1) is 6.57 Å². The van der Waals surface area contributed by atoms with Crippen molar-refractivity contribution in [2.24, 2.45) is 0 Å². The highest BCUT2D eigenvalue weighted by Gasteiger charge is 2.38. The van der Waals surface area contributed by atoms with Gasteiger partial charge in [-0.3, -0.25) is 0 Å². The smallest absolute Gasteiger partial charge is 0.211 e. The minimum atomic E-state index is -0.821. The number of nitrogens with zero attached hydrogens (tertiary/aromatic N) is 2. The molecule has 2 N–H and O–H groups in total. The molecule has 8 heteroatoms. The van der Waals surface area contributed by atoms with Gasteiger partial charge in [0.05, 0.1) is 33.0 Å². The summed E-state index contributed by atoms with van der Waals surface area (Å²) in [6, 6.07) is 34.2. The number of benzene rings is 3.